The number of hydrogen-bond donors (Lipinski definition) is 1. The molecule has 2 aromatic rings. The van der Waals surface area contributed by atoms with Crippen molar-refractivity contribution in [2.75, 3.05) is 11.1 Å². The number of carbonyl (C=O) groups is 1. The maximum absolute atomic E-state index is 12.2. The third kappa shape index (κ3) is 5.38. The summed E-state index contributed by atoms with van der Waals surface area (Å²) in [6.45, 7) is 3.94. The molecule has 120 valence electrons. The van der Waals surface area contributed by atoms with Crippen LogP contribution in [0.5, 0.6) is 0 Å². The molecule has 1 atom stereocenters. The van der Waals surface area contributed by atoms with Gasteiger partial charge >= 0.3 is 0 Å². The highest BCUT2D eigenvalue weighted by Gasteiger charge is 2.11. The standard InChI is InChI=1S/C17H19N3OS2/c1-3-17-19-13(11-23-17)8-16(21)20-14-6-4-5-7-15(14)22-10-12(2)9-18/h4-7,11-12H,3,8,10H2,1-2H3,(H,20,21). The third-order valence-corrected chi connectivity index (χ3v) is 5.49. The molecule has 0 fully saturated rings. The van der Waals surface area contributed by atoms with Crippen molar-refractivity contribution in [2.24, 2.45) is 5.92 Å². The van der Waals surface area contributed by atoms with Crippen molar-refractivity contribution in [1.29, 1.82) is 5.26 Å². The summed E-state index contributed by atoms with van der Waals surface area (Å²) in [7, 11) is 0. The number of para-hydroxylation sites is 1. The van der Waals surface area contributed by atoms with Crippen LogP contribution in [-0.2, 0) is 17.6 Å². The van der Waals surface area contributed by atoms with Gasteiger partial charge in [0.15, 0.2) is 0 Å². The van der Waals surface area contributed by atoms with Crippen LogP contribution in [0.15, 0.2) is 34.5 Å². The summed E-state index contributed by atoms with van der Waals surface area (Å²) in [5.74, 6) is 0.612. The zero-order valence-electron chi connectivity index (χ0n) is 13.2. The Bertz CT molecular complexity index is 706. The van der Waals surface area contributed by atoms with Crippen LogP contribution in [0, 0.1) is 17.2 Å². The molecule has 0 aliphatic carbocycles. The lowest BCUT2D eigenvalue weighted by atomic mass is 10.2. The molecule has 0 bridgehead atoms. The molecule has 0 saturated carbocycles. The van der Waals surface area contributed by atoms with E-state index in [1.807, 2.05) is 36.6 Å². The molecule has 1 aromatic heterocycles. The number of carbonyl (C=O) groups excluding carboxylic acids is 1. The Morgan fingerprint density at radius 2 is 2.26 bits per heavy atom. The Morgan fingerprint density at radius 1 is 1.48 bits per heavy atom. The number of nitriles is 1. The fraction of sp³-hybridized carbons (Fsp3) is 0.353. The minimum atomic E-state index is -0.0701. The molecule has 23 heavy (non-hydrogen) atoms. The van der Waals surface area contributed by atoms with Gasteiger partial charge in [-0.1, -0.05) is 19.1 Å². The van der Waals surface area contributed by atoms with Crippen LogP contribution >= 0.6 is 23.1 Å². The van der Waals surface area contributed by atoms with E-state index in [4.69, 9.17) is 5.26 Å². The first-order valence-corrected chi connectivity index (χ1v) is 9.33. The zero-order chi connectivity index (χ0) is 16.7. The summed E-state index contributed by atoms with van der Waals surface area (Å²) in [5, 5.41) is 14.8. The second-order valence-electron chi connectivity index (χ2n) is 5.15. The summed E-state index contributed by atoms with van der Waals surface area (Å²) in [5.41, 5.74) is 1.60. The van der Waals surface area contributed by atoms with Gasteiger partial charge in [-0.2, -0.15) is 5.26 Å². The van der Waals surface area contributed by atoms with Crippen molar-refractivity contribution in [3.8, 4) is 6.07 Å². The summed E-state index contributed by atoms with van der Waals surface area (Å²) >= 11 is 3.17. The van der Waals surface area contributed by atoms with E-state index in [0.29, 0.717) is 5.75 Å². The van der Waals surface area contributed by atoms with Crippen LogP contribution in [-0.4, -0.2) is 16.6 Å². The zero-order valence-corrected chi connectivity index (χ0v) is 14.8. The van der Waals surface area contributed by atoms with Crippen molar-refractivity contribution < 1.29 is 4.79 Å². The fourth-order valence-electron chi connectivity index (χ4n) is 1.90. The van der Waals surface area contributed by atoms with Gasteiger partial charge in [0.05, 0.1) is 34.8 Å². The highest BCUT2D eigenvalue weighted by atomic mass is 32.2. The molecule has 1 unspecified atom stereocenters. The summed E-state index contributed by atoms with van der Waals surface area (Å²) in [6.07, 6.45) is 1.17. The van der Waals surface area contributed by atoms with Gasteiger partial charge in [0.25, 0.3) is 0 Å². The number of rotatable bonds is 7. The third-order valence-electron chi connectivity index (χ3n) is 3.11. The molecule has 1 amide bonds. The van der Waals surface area contributed by atoms with Crippen LogP contribution in [0.4, 0.5) is 5.69 Å². The van der Waals surface area contributed by atoms with E-state index in [0.717, 1.165) is 27.7 Å². The van der Waals surface area contributed by atoms with Crippen molar-refractivity contribution in [2.45, 2.75) is 31.6 Å². The SMILES string of the molecule is CCc1nc(CC(=O)Nc2ccccc2SCC(C)C#N)cs1. The normalized spacial score (nSPS) is 11.7. The fourth-order valence-corrected chi connectivity index (χ4v) is 3.60. The molecule has 1 heterocycles. The molecule has 1 aromatic carbocycles. The first-order valence-electron chi connectivity index (χ1n) is 7.47. The topological polar surface area (TPSA) is 65.8 Å². The van der Waals surface area contributed by atoms with Crippen LogP contribution < -0.4 is 5.32 Å². The van der Waals surface area contributed by atoms with Crippen LogP contribution in [0.3, 0.4) is 0 Å². The lowest BCUT2D eigenvalue weighted by Crippen LogP contribution is -2.15. The minimum Gasteiger partial charge on any atom is -0.325 e. The van der Waals surface area contributed by atoms with Crippen molar-refractivity contribution in [1.82, 2.24) is 4.98 Å². The molecule has 0 spiro atoms. The number of aromatic nitrogens is 1. The smallest absolute Gasteiger partial charge is 0.230 e. The van der Waals surface area contributed by atoms with Gasteiger partial charge < -0.3 is 5.32 Å². The number of aryl methyl sites for hydroxylation is 1. The van der Waals surface area contributed by atoms with Crippen molar-refractivity contribution in [3.05, 3.63) is 40.3 Å². The number of thioether (sulfide) groups is 1. The number of benzene rings is 1. The molecule has 4 nitrogen and oxygen atoms in total. The Hall–Kier alpha value is -1.84. The predicted molar refractivity (Wildman–Crippen MR) is 95.8 cm³/mol. The van der Waals surface area contributed by atoms with Gasteiger partial charge in [-0.15, -0.1) is 23.1 Å². The van der Waals surface area contributed by atoms with E-state index in [1.54, 1.807) is 23.1 Å². The maximum Gasteiger partial charge on any atom is 0.230 e. The van der Waals surface area contributed by atoms with E-state index in [-0.39, 0.29) is 18.2 Å². The average Bonchev–Trinajstić information content (AvgIpc) is 3.01. The molecule has 0 aliphatic rings. The van der Waals surface area contributed by atoms with E-state index < -0.39 is 0 Å². The Kier molecular flexibility index (Phi) is 6.63. The Labute approximate surface area is 144 Å². The van der Waals surface area contributed by atoms with E-state index in [2.05, 4.69) is 23.3 Å². The highest BCUT2D eigenvalue weighted by molar-refractivity contribution is 7.99. The quantitative estimate of drug-likeness (QED) is 0.766. The van der Waals surface area contributed by atoms with E-state index in [1.165, 1.54) is 0 Å². The first kappa shape index (κ1) is 17.5. The van der Waals surface area contributed by atoms with Gasteiger partial charge in [0.1, 0.15) is 0 Å². The Morgan fingerprint density at radius 3 is 2.96 bits per heavy atom. The summed E-state index contributed by atoms with van der Waals surface area (Å²) in [6, 6.07) is 9.89. The van der Waals surface area contributed by atoms with Crippen LogP contribution in [0.1, 0.15) is 24.5 Å². The van der Waals surface area contributed by atoms with Gasteiger partial charge in [-0.25, -0.2) is 4.98 Å². The molecule has 0 radical (unpaired) electrons. The van der Waals surface area contributed by atoms with Gasteiger partial charge in [0, 0.05) is 16.0 Å². The molecule has 6 heteroatoms. The monoisotopic (exact) mass is 345 g/mol. The van der Waals surface area contributed by atoms with Crippen LogP contribution in [0.2, 0.25) is 0 Å². The molecule has 0 aliphatic heterocycles. The Balaban J connectivity index is 1.98. The van der Waals surface area contributed by atoms with Crippen LogP contribution in [0.25, 0.3) is 0 Å². The van der Waals surface area contributed by atoms with Gasteiger partial charge in [-0.3, -0.25) is 4.79 Å². The molecule has 0 saturated heterocycles. The first-order chi connectivity index (χ1) is 11.1. The molecule has 1 N–H and O–H groups in total. The molecular formula is C17H19N3OS2. The lowest BCUT2D eigenvalue weighted by molar-refractivity contribution is -0.115. The maximum atomic E-state index is 12.2. The summed E-state index contributed by atoms with van der Waals surface area (Å²) in [4.78, 5) is 17.6. The number of nitrogens with zero attached hydrogens (tertiary/aromatic N) is 2. The second kappa shape index (κ2) is 8.70. The number of amides is 1. The van der Waals surface area contributed by atoms with Crippen molar-refractivity contribution >= 4 is 34.7 Å². The minimum absolute atomic E-state index is 0.0220. The van der Waals surface area contributed by atoms with E-state index in [9.17, 15) is 4.79 Å². The number of hydrogen-bond acceptors (Lipinski definition) is 5. The number of nitrogens with one attached hydrogen (secondary N) is 1. The van der Waals surface area contributed by atoms with Gasteiger partial charge in [0.2, 0.25) is 5.91 Å². The number of thiazole rings is 1. The average molecular weight is 345 g/mol. The second-order valence-corrected chi connectivity index (χ2v) is 7.15. The van der Waals surface area contributed by atoms with E-state index >= 15 is 0 Å². The van der Waals surface area contributed by atoms with Crippen molar-refractivity contribution in [3.63, 3.8) is 0 Å². The molecular weight excluding hydrogens is 326 g/mol. The highest BCUT2D eigenvalue weighted by Crippen LogP contribution is 2.28. The largest absolute Gasteiger partial charge is 0.325 e. The lowest BCUT2D eigenvalue weighted by Gasteiger charge is -2.10. The number of anilines is 1. The predicted octanol–water partition coefficient (Wildman–Crippen LogP) is 4.14. The van der Waals surface area contributed by atoms with Gasteiger partial charge in [-0.05, 0) is 25.5 Å². The summed E-state index contributed by atoms with van der Waals surface area (Å²) < 4.78 is 0. The molecule has 2 rings (SSSR count).